The Bertz CT molecular complexity index is 597. The molecule has 3 N–H and O–H groups in total. The normalized spacial score (nSPS) is 18.1. The zero-order chi connectivity index (χ0) is 14.9. The summed E-state index contributed by atoms with van der Waals surface area (Å²) in [4.78, 5) is 0.302. The summed E-state index contributed by atoms with van der Waals surface area (Å²) in [6, 6.07) is 3.35. The number of sulfonamides is 1. The van der Waals surface area contributed by atoms with E-state index in [2.05, 4.69) is 4.72 Å². The highest BCUT2D eigenvalue weighted by atomic mass is 32.2. The largest absolute Gasteiger partial charge is 0.488 e. The van der Waals surface area contributed by atoms with Crippen molar-refractivity contribution in [1.82, 2.24) is 4.72 Å². The van der Waals surface area contributed by atoms with E-state index in [1.807, 2.05) is 20.8 Å². The average molecular weight is 298 g/mol. The molecule has 0 aliphatic carbocycles. The summed E-state index contributed by atoms with van der Waals surface area (Å²) in [7, 11) is -3.46. The number of hydrogen-bond donors (Lipinski definition) is 2. The number of benzene rings is 1. The van der Waals surface area contributed by atoms with Crippen LogP contribution in [0.25, 0.3) is 0 Å². The first-order valence-electron chi connectivity index (χ1n) is 6.83. The minimum absolute atomic E-state index is 0.0507. The van der Waals surface area contributed by atoms with Gasteiger partial charge in [-0.1, -0.05) is 13.8 Å². The summed E-state index contributed by atoms with van der Waals surface area (Å²) in [5.74, 6) is 1.05. The molecule has 0 spiro atoms. The fourth-order valence-corrected chi connectivity index (χ4v) is 3.58. The van der Waals surface area contributed by atoms with Crippen LogP contribution in [0.3, 0.4) is 0 Å². The molecule has 0 saturated carbocycles. The lowest BCUT2D eigenvalue weighted by Gasteiger charge is -2.11. The van der Waals surface area contributed by atoms with Gasteiger partial charge in [-0.05, 0) is 36.1 Å². The van der Waals surface area contributed by atoms with Gasteiger partial charge in [0.25, 0.3) is 0 Å². The second-order valence-electron chi connectivity index (χ2n) is 5.65. The van der Waals surface area contributed by atoms with E-state index in [1.54, 1.807) is 12.1 Å². The molecule has 0 radical (unpaired) electrons. The van der Waals surface area contributed by atoms with Gasteiger partial charge < -0.3 is 10.5 Å². The molecular weight excluding hydrogens is 276 g/mol. The lowest BCUT2D eigenvalue weighted by Crippen LogP contribution is -2.27. The third kappa shape index (κ3) is 3.13. The molecule has 1 unspecified atom stereocenters. The summed E-state index contributed by atoms with van der Waals surface area (Å²) < 4.78 is 32.9. The molecule has 1 aromatic rings. The molecule has 0 aromatic heterocycles. The highest BCUT2D eigenvalue weighted by molar-refractivity contribution is 7.89. The van der Waals surface area contributed by atoms with Gasteiger partial charge >= 0.3 is 0 Å². The van der Waals surface area contributed by atoms with Crippen molar-refractivity contribution in [1.29, 1.82) is 0 Å². The molecule has 0 fully saturated rings. The SMILES string of the molecule is Cc1cc(S(=O)(=O)NCC(C)C)cc2c1OC(CN)C2. The number of rotatable bonds is 5. The second-order valence-corrected chi connectivity index (χ2v) is 7.42. The molecule has 1 aromatic carbocycles. The number of ether oxygens (including phenoxy) is 1. The van der Waals surface area contributed by atoms with Crippen molar-refractivity contribution in [2.24, 2.45) is 11.7 Å². The zero-order valence-corrected chi connectivity index (χ0v) is 13.0. The molecule has 1 atom stereocenters. The zero-order valence-electron chi connectivity index (χ0n) is 12.1. The van der Waals surface area contributed by atoms with Crippen LogP contribution in [0.2, 0.25) is 0 Å². The maximum atomic E-state index is 12.3. The van der Waals surface area contributed by atoms with Crippen LogP contribution >= 0.6 is 0 Å². The summed E-state index contributed by atoms with van der Waals surface area (Å²) in [5, 5.41) is 0. The topological polar surface area (TPSA) is 81.4 Å². The first kappa shape index (κ1) is 15.3. The Morgan fingerprint density at radius 3 is 2.75 bits per heavy atom. The monoisotopic (exact) mass is 298 g/mol. The van der Waals surface area contributed by atoms with E-state index in [4.69, 9.17) is 10.5 Å². The quantitative estimate of drug-likeness (QED) is 0.855. The van der Waals surface area contributed by atoms with Gasteiger partial charge in [-0.2, -0.15) is 0 Å². The lowest BCUT2D eigenvalue weighted by molar-refractivity contribution is 0.240. The summed E-state index contributed by atoms with van der Waals surface area (Å²) in [6.45, 7) is 6.66. The van der Waals surface area contributed by atoms with Crippen LogP contribution in [0, 0.1) is 12.8 Å². The van der Waals surface area contributed by atoms with Crippen LogP contribution in [0.5, 0.6) is 5.75 Å². The van der Waals surface area contributed by atoms with Crippen LogP contribution < -0.4 is 15.2 Å². The molecule has 20 heavy (non-hydrogen) atoms. The average Bonchev–Trinajstić information content (AvgIpc) is 2.80. The summed E-state index contributed by atoms with van der Waals surface area (Å²) in [6.07, 6.45) is 0.616. The van der Waals surface area contributed by atoms with E-state index in [-0.39, 0.29) is 12.0 Å². The third-order valence-corrected chi connectivity index (χ3v) is 4.71. The van der Waals surface area contributed by atoms with Crippen molar-refractivity contribution >= 4 is 10.0 Å². The van der Waals surface area contributed by atoms with Gasteiger partial charge in [0.05, 0.1) is 4.90 Å². The van der Waals surface area contributed by atoms with Crippen molar-refractivity contribution in [2.45, 2.75) is 38.2 Å². The molecule has 0 amide bonds. The van der Waals surface area contributed by atoms with Crippen molar-refractivity contribution in [3.8, 4) is 5.75 Å². The molecule has 5 nitrogen and oxygen atoms in total. The molecule has 1 heterocycles. The van der Waals surface area contributed by atoms with Crippen LogP contribution in [-0.2, 0) is 16.4 Å². The summed E-state index contributed by atoms with van der Waals surface area (Å²) >= 11 is 0. The van der Waals surface area contributed by atoms with E-state index >= 15 is 0 Å². The summed E-state index contributed by atoms with van der Waals surface area (Å²) in [5.41, 5.74) is 7.37. The maximum absolute atomic E-state index is 12.3. The highest BCUT2D eigenvalue weighted by Crippen LogP contribution is 2.34. The predicted molar refractivity (Wildman–Crippen MR) is 78.4 cm³/mol. The minimum Gasteiger partial charge on any atom is -0.488 e. The Morgan fingerprint density at radius 2 is 2.15 bits per heavy atom. The maximum Gasteiger partial charge on any atom is 0.240 e. The van der Waals surface area contributed by atoms with Crippen molar-refractivity contribution in [3.05, 3.63) is 23.3 Å². The molecule has 1 aliphatic heterocycles. The number of fused-ring (bicyclic) bond motifs is 1. The van der Waals surface area contributed by atoms with E-state index in [1.165, 1.54) is 0 Å². The van der Waals surface area contributed by atoms with Crippen LogP contribution in [-0.4, -0.2) is 27.6 Å². The standard InChI is InChI=1S/C14H22N2O3S/c1-9(2)8-16-20(17,18)13-4-10(3)14-11(6-13)5-12(7-15)19-14/h4,6,9,12,16H,5,7-8,15H2,1-3H3. The third-order valence-electron chi connectivity index (χ3n) is 3.31. The van der Waals surface area contributed by atoms with Gasteiger partial charge in [0.2, 0.25) is 10.0 Å². The molecular formula is C14H22N2O3S. The molecule has 1 aliphatic rings. The van der Waals surface area contributed by atoms with Gasteiger partial charge in [0, 0.05) is 19.5 Å². The lowest BCUT2D eigenvalue weighted by atomic mass is 10.1. The first-order valence-corrected chi connectivity index (χ1v) is 8.31. The number of nitrogens with two attached hydrogens (primary N) is 1. The molecule has 112 valence electrons. The minimum atomic E-state index is -3.46. The fourth-order valence-electron chi connectivity index (χ4n) is 2.23. The Morgan fingerprint density at radius 1 is 1.45 bits per heavy atom. The number of hydrogen-bond acceptors (Lipinski definition) is 4. The van der Waals surface area contributed by atoms with Crippen LogP contribution in [0.15, 0.2) is 17.0 Å². The van der Waals surface area contributed by atoms with Crippen molar-refractivity contribution in [2.75, 3.05) is 13.1 Å². The van der Waals surface area contributed by atoms with Crippen LogP contribution in [0.1, 0.15) is 25.0 Å². The molecule has 0 saturated heterocycles. The van der Waals surface area contributed by atoms with E-state index in [9.17, 15) is 8.42 Å². The molecule has 0 bridgehead atoms. The van der Waals surface area contributed by atoms with E-state index in [0.29, 0.717) is 24.4 Å². The molecule has 6 heteroatoms. The Kier molecular flexibility index (Phi) is 4.36. The first-order chi connectivity index (χ1) is 9.33. The smallest absolute Gasteiger partial charge is 0.240 e. The van der Waals surface area contributed by atoms with E-state index in [0.717, 1.165) is 16.9 Å². The fraction of sp³-hybridized carbons (Fsp3) is 0.571. The van der Waals surface area contributed by atoms with Gasteiger partial charge in [-0.3, -0.25) is 0 Å². The second kappa shape index (κ2) is 5.71. The predicted octanol–water partition coefficient (Wildman–Crippen LogP) is 1.19. The highest BCUT2D eigenvalue weighted by Gasteiger charge is 2.26. The van der Waals surface area contributed by atoms with Gasteiger partial charge in [-0.25, -0.2) is 13.1 Å². The Balaban J connectivity index is 2.30. The molecule has 2 rings (SSSR count). The van der Waals surface area contributed by atoms with Gasteiger partial charge in [0.1, 0.15) is 11.9 Å². The Labute approximate surface area is 120 Å². The Hall–Kier alpha value is -1.11. The van der Waals surface area contributed by atoms with Crippen molar-refractivity contribution < 1.29 is 13.2 Å². The number of nitrogens with one attached hydrogen (secondary N) is 1. The van der Waals surface area contributed by atoms with Crippen LogP contribution in [0.4, 0.5) is 0 Å². The van der Waals surface area contributed by atoms with Crippen molar-refractivity contribution in [3.63, 3.8) is 0 Å². The number of aryl methyl sites for hydroxylation is 1. The van der Waals surface area contributed by atoms with Gasteiger partial charge in [0.15, 0.2) is 0 Å². The van der Waals surface area contributed by atoms with E-state index < -0.39 is 10.0 Å². The van der Waals surface area contributed by atoms with Gasteiger partial charge in [-0.15, -0.1) is 0 Å².